The molecule has 1 saturated carbocycles. The Morgan fingerprint density at radius 3 is 2.43 bits per heavy atom. The topological polar surface area (TPSA) is 79.0 Å². The fraction of sp³-hybridized carbons (Fsp3) is 0.556. The van der Waals surface area contributed by atoms with Gasteiger partial charge in [0.2, 0.25) is 5.88 Å². The van der Waals surface area contributed by atoms with Crippen LogP contribution in [-0.4, -0.2) is 67.5 Å². The van der Waals surface area contributed by atoms with E-state index in [0.29, 0.717) is 23.7 Å². The number of ether oxygens (including phenoxy) is 2. The lowest BCUT2D eigenvalue weighted by Crippen LogP contribution is -2.44. The SMILES string of the molecule is CN(C1CCOCC1)C1CCN(c2ccc(NC(=O)Nc3ccc(OC4CCCC4)nc3)cc2)C1.[HH]. The fourth-order valence-electron chi connectivity index (χ4n) is 5.45. The predicted octanol–water partition coefficient (Wildman–Crippen LogP) is 4.98. The lowest BCUT2D eigenvalue weighted by Gasteiger charge is -2.35. The van der Waals surface area contributed by atoms with Gasteiger partial charge >= 0.3 is 6.03 Å². The molecule has 0 radical (unpaired) electrons. The van der Waals surface area contributed by atoms with Crippen molar-refractivity contribution in [1.82, 2.24) is 9.88 Å². The lowest BCUT2D eigenvalue weighted by atomic mass is 10.1. The molecular formula is C27H39N5O3. The number of rotatable bonds is 7. The molecule has 35 heavy (non-hydrogen) atoms. The van der Waals surface area contributed by atoms with Gasteiger partial charge in [-0.15, -0.1) is 0 Å². The third-order valence-electron chi connectivity index (χ3n) is 7.58. The molecule has 1 aromatic heterocycles. The van der Waals surface area contributed by atoms with Crippen LogP contribution in [0.2, 0.25) is 0 Å². The summed E-state index contributed by atoms with van der Waals surface area (Å²) >= 11 is 0. The highest BCUT2D eigenvalue weighted by atomic mass is 16.5. The van der Waals surface area contributed by atoms with E-state index in [1.807, 2.05) is 24.3 Å². The van der Waals surface area contributed by atoms with Crippen LogP contribution in [0.1, 0.15) is 46.4 Å². The number of pyridine rings is 1. The van der Waals surface area contributed by atoms with Crippen LogP contribution >= 0.6 is 0 Å². The maximum atomic E-state index is 12.4. The van der Waals surface area contributed by atoms with Gasteiger partial charge in [-0.1, -0.05) is 0 Å². The lowest BCUT2D eigenvalue weighted by molar-refractivity contribution is 0.0316. The van der Waals surface area contributed by atoms with E-state index < -0.39 is 0 Å². The minimum atomic E-state index is -0.289. The molecule has 2 amide bonds. The summed E-state index contributed by atoms with van der Waals surface area (Å²) in [6.45, 7) is 3.85. The summed E-state index contributed by atoms with van der Waals surface area (Å²) in [5.41, 5.74) is 2.59. The first kappa shape index (κ1) is 23.9. The summed E-state index contributed by atoms with van der Waals surface area (Å²) in [5.74, 6) is 0.613. The molecule has 2 aromatic rings. The van der Waals surface area contributed by atoms with Gasteiger partial charge in [0.15, 0.2) is 0 Å². The van der Waals surface area contributed by atoms with Gasteiger partial charge in [-0.2, -0.15) is 0 Å². The summed E-state index contributed by atoms with van der Waals surface area (Å²) < 4.78 is 11.4. The average Bonchev–Trinajstić information content (AvgIpc) is 3.58. The molecule has 8 heteroatoms. The Hall–Kier alpha value is -2.84. The molecule has 3 heterocycles. The van der Waals surface area contributed by atoms with Crippen LogP contribution in [0.3, 0.4) is 0 Å². The quantitative estimate of drug-likeness (QED) is 0.581. The first-order chi connectivity index (χ1) is 17.1. The molecule has 3 fully saturated rings. The third-order valence-corrected chi connectivity index (χ3v) is 7.58. The molecule has 190 valence electrons. The van der Waals surface area contributed by atoms with E-state index in [1.165, 1.54) is 24.9 Å². The maximum absolute atomic E-state index is 12.4. The minimum Gasteiger partial charge on any atom is -0.474 e. The number of amides is 2. The standard InChI is InChI=1S/C27H37N5O3.H2/c1-31(22-13-16-34-17-14-22)24-12-15-32(19-24)23-9-6-20(7-10-23)29-27(33)30-21-8-11-26(28-18-21)35-25-4-2-3-5-25;/h6-11,18,22,24-25H,2-5,12-17,19H2,1H3,(H2,29,30,33);1H. The van der Waals surface area contributed by atoms with Crippen molar-refractivity contribution in [3.8, 4) is 5.88 Å². The van der Waals surface area contributed by atoms with Crippen LogP contribution < -0.4 is 20.3 Å². The van der Waals surface area contributed by atoms with Crippen LogP contribution in [0.4, 0.5) is 21.9 Å². The van der Waals surface area contributed by atoms with E-state index >= 15 is 0 Å². The van der Waals surface area contributed by atoms with Gasteiger partial charge in [-0.3, -0.25) is 4.90 Å². The normalized spacial score (nSPS) is 21.4. The van der Waals surface area contributed by atoms with Crippen molar-refractivity contribution in [2.24, 2.45) is 0 Å². The van der Waals surface area contributed by atoms with Gasteiger partial charge < -0.3 is 25.0 Å². The highest BCUT2D eigenvalue weighted by molar-refractivity contribution is 5.99. The van der Waals surface area contributed by atoms with Gasteiger partial charge in [0, 0.05) is 57.3 Å². The molecule has 2 N–H and O–H groups in total. The van der Waals surface area contributed by atoms with Crippen LogP contribution in [0.25, 0.3) is 0 Å². The molecule has 2 aliphatic heterocycles. The Labute approximate surface area is 209 Å². The zero-order valence-corrected chi connectivity index (χ0v) is 20.6. The maximum Gasteiger partial charge on any atom is 0.323 e. The smallest absolute Gasteiger partial charge is 0.323 e. The zero-order chi connectivity index (χ0) is 24.0. The Morgan fingerprint density at radius 2 is 1.71 bits per heavy atom. The Kier molecular flexibility index (Phi) is 7.69. The molecule has 0 spiro atoms. The summed E-state index contributed by atoms with van der Waals surface area (Å²) in [7, 11) is 2.27. The molecular weight excluding hydrogens is 442 g/mol. The molecule has 3 aliphatic rings. The molecule has 0 bridgehead atoms. The molecule has 1 unspecified atom stereocenters. The van der Waals surface area contributed by atoms with Gasteiger partial charge in [-0.25, -0.2) is 9.78 Å². The van der Waals surface area contributed by atoms with E-state index in [-0.39, 0.29) is 13.6 Å². The predicted molar refractivity (Wildman–Crippen MR) is 141 cm³/mol. The number of carbonyl (C=O) groups is 1. The molecule has 1 aliphatic carbocycles. The fourth-order valence-corrected chi connectivity index (χ4v) is 5.45. The number of urea groups is 1. The number of anilines is 3. The average molecular weight is 482 g/mol. The van der Waals surface area contributed by atoms with Gasteiger partial charge in [0.05, 0.1) is 11.9 Å². The number of benzene rings is 1. The van der Waals surface area contributed by atoms with Crippen molar-refractivity contribution in [2.45, 2.75) is 63.1 Å². The van der Waals surface area contributed by atoms with E-state index in [4.69, 9.17) is 9.47 Å². The highest BCUT2D eigenvalue weighted by Gasteiger charge is 2.30. The van der Waals surface area contributed by atoms with Gasteiger partial charge in [0.1, 0.15) is 6.10 Å². The van der Waals surface area contributed by atoms with Crippen molar-refractivity contribution in [2.75, 3.05) is 48.9 Å². The van der Waals surface area contributed by atoms with Crippen molar-refractivity contribution in [1.29, 1.82) is 0 Å². The van der Waals surface area contributed by atoms with Crippen molar-refractivity contribution in [3.05, 3.63) is 42.6 Å². The largest absolute Gasteiger partial charge is 0.474 e. The number of carbonyl (C=O) groups excluding carboxylic acids is 1. The third kappa shape index (κ3) is 6.24. The van der Waals surface area contributed by atoms with Crippen LogP contribution in [0, 0.1) is 0 Å². The van der Waals surface area contributed by atoms with Crippen molar-refractivity contribution < 1.29 is 15.7 Å². The van der Waals surface area contributed by atoms with E-state index in [2.05, 4.69) is 44.6 Å². The Balaban J connectivity index is 0.00000304. The van der Waals surface area contributed by atoms with E-state index in [9.17, 15) is 4.79 Å². The Bertz CT molecular complexity index is 962. The van der Waals surface area contributed by atoms with Gasteiger partial charge in [-0.05, 0) is 82.3 Å². The van der Waals surface area contributed by atoms with Crippen molar-refractivity contribution in [3.63, 3.8) is 0 Å². The number of hydrogen-bond acceptors (Lipinski definition) is 6. The number of nitrogens with one attached hydrogen (secondary N) is 2. The number of hydrogen-bond donors (Lipinski definition) is 2. The number of aromatic nitrogens is 1. The Morgan fingerprint density at radius 1 is 1.00 bits per heavy atom. The first-order valence-electron chi connectivity index (χ1n) is 13.0. The minimum absolute atomic E-state index is 0. The van der Waals surface area contributed by atoms with Gasteiger partial charge in [0.25, 0.3) is 0 Å². The number of nitrogens with zero attached hydrogens (tertiary/aromatic N) is 3. The molecule has 1 aromatic carbocycles. The summed E-state index contributed by atoms with van der Waals surface area (Å²) in [4.78, 5) is 21.8. The van der Waals surface area contributed by atoms with E-state index in [0.717, 1.165) is 57.7 Å². The second kappa shape index (κ2) is 11.3. The monoisotopic (exact) mass is 481 g/mol. The zero-order valence-electron chi connectivity index (χ0n) is 20.6. The molecule has 8 nitrogen and oxygen atoms in total. The van der Waals surface area contributed by atoms with Crippen LogP contribution in [0.5, 0.6) is 5.88 Å². The summed E-state index contributed by atoms with van der Waals surface area (Å²) in [6, 6.07) is 12.6. The molecule has 1 atom stereocenters. The van der Waals surface area contributed by atoms with Crippen LogP contribution in [0.15, 0.2) is 42.6 Å². The van der Waals surface area contributed by atoms with Crippen molar-refractivity contribution >= 4 is 23.1 Å². The summed E-state index contributed by atoms with van der Waals surface area (Å²) in [5, 5.41) is 5.74. The second-order valence-electron chi connectivity index (χ2n) is 9.93. The van der Waals surface area contributed by atoms with Crippen LogP contribution in [-0.2, 0) is 4.74 Å². The summed E-state index contributed by atoms with van der Waals surface area (Å²) in [6.07, 6.45) is 9.96. The first-order valence-corrected chi connectivity index (χ1v) is 13.0. The van der Waals surface area contributed by atoms with E-state index in [1.54, 1.807) is 6.20 Å². The number of likely N-dealkylation sites (N-methyl/N-ethyl adjacent to an activating group) is 1. The molecule has 2 saturated heterocycles. The molecule has 5 rings (SSSR count). The highest BCUT2D eigenvalue weighted by Crippen LogP contribution is 2.27. The second-order valence-corrected chi connectivity index (χ2v) is 9.93.